The van der Waals surface area contributed by atoms with E-state index >= 15 is 0 Å². The molecule has 27 heavy (non-hydrogen) atoms. The molecule has 140 valence electrons. The number of aromatic amines is 1. The third-order valence-electron chi connectivity index (χ3n) is 3.85. The average Bonchev–Trinajstić information content (AvgIpc) is 3.08. The number of nitrogens with one attached hydrogen (secondary N) is 2. The molecule has 0 radical (unpaired) electrons. The monoisotopic (exact) mass is 370 g/mol. The number of nitrogen functional groups attached to an aromatic ring is 1. The van der Waals surface area contributed by atoms with Gasteiger partial charge in [0, 0.05) is 23.5 Å². The van der Waals surface area contributed by atoms with Crippen LogP contribution in [-0.4, -0.2) is 33.2 Å². The number of rotatable bonds is 6. The summed E-state index contributed by atoms with van der Waals surface area (Å²) in [5.41, 5.74) is 7.75. The van der Waals surface area contributed by atoms with Crippen molar-refractivity contribution < 1.29 is 13.9 Å². The van der Waals surface area contributed by atoms with Crippen molar-refractivity contribution in [3.63, 3.8) is 0 Å². The molecule has 0 spiro atoms. The minimum absolute atomic E-state index is 0.153. The number of aryl methyl sites for hydroxylation is 3. The predicted molar refractivity (Wildman–Crippen MR) is 98.2 cm³/mol. The lowest BCUT2D eigenvalue weighted by Gasteiger charge is -2.05. The second-order valence-corrected chi connectivity index (χ2v) is 5.93. The summed E-state index contributed by atoms with van der Waals surface area (Å²) in [4.78, 5) is 19.9. The maximum Gasteiger partial charge on any atom is 0.356 e. The van der Waals surface area contributed by atoms with E-state index in [9.17, 15) is 9.18 Å². The van der Waals surface area contributed by atoms with E-state index in [4.69, 9.17) is 5.73 Å². The highest BCUT2D eigenvalue weighted by molar-refractivity contribution is 5.88. The van der Waals surface area contributed by atoms with Gasteiger partial charge >= 0.3 is 5.97 Å². The number of H-pyrrole nitrogens is 1. The van der Waals surface area contributed by atoms with Gasteiger partial charge in [0.15, 0.2) is 11.5 Å². The molecule has 8 nitrogen and oxygen atoms in total. The molecule has 4 N–H and O–H groups in total. The third kappa shape index (κ3) is 4.57. The number of aromatic nitrogens is 4. The molecule has 2 aromatic heterocycles. The molecule has 0 amide bonds. The van der Waals surface area contributed by atoms with E-state index in [1.807, 2.05) is 0 Å². The summed E-state index contributed by atoms with van der Waals surface area (Å²) >= 11 is 0. The molecule has 0 fully saturated rings. The summed E-state index contributed by atoms with van der Waals surface area (Å²) in [7, 11) is 1.29. The zero-order valence-corrected chi connectivity index (χ0v) is 14.9. The molecule has 0 aliphatic carbocycles. The second-order valence-electron chi connectivity index (χ2n) is 5.93. The highest BCUT2D eigenvalue weighted by Gasteiger charge is 2.12. The Labute approximate surface area is 155 Å². The second kappa shape index (κ2) is 7.81. The Kier molecular flexibility index (Phi) is 5.30. The van der Waals surface area contributed by atoms with Crippen molar-refractivity contribution in [2.24, 2.45) is 0 Å². The third-order valence-corrected chi connectivity index (χ3v) is 3.85. The van der Waals surface area contributed by atoms with E-state index in [-0.39, 0.29) is 11.5 Å². The summed E-state index contributed by atoms with van der Waals surface area (Å²) in [6.45, 7) is 1.67. The molecule has 9 heteroatoms. The van der Waals surface area contributed by atoms with Gasteiger partial charge in [-0.15, -0.1) is 0 Å². The van der Waals surface area contributed by atoms with Crippen LogP contribution in [-0.2, 0) is 17.6 Å². The van der Waals surface area contributed by atoms with Gasteiger partial charge in [-0.2, -0.15) is 5.10 Å². The first kappa shape index (κ1) is 18.3. The number of halogens is 1. The topological polar surface area (TPSA) is 119 Å². The predicted octanol–water partition coefficient (Wildman–Crippen LogP) is 2.54. The van der Waals surface area contributed by atoms with Crippen LogP contribution in [0.2, 0.25) is 0 Å². The first-order chi connectivity index (χ1) is 12.9. The van der Waals surface area contributed by atoms with E-state index in [2.05, 4.69) is 30.2 Å². The maximum absolute atomic E-state index is 13.8. The lowest BCUT2D eigenvalue weighted by atomic mass is 10.1. The Balaban J connectivity index is 1.68. The Morgan fingerprint density at radius 1 is 1.22 bits per heavy atom. The smallest absolute Gasteiger partial charge is 0.356 e. The molecule has 2 heterocycles. The van der Waals surface area contributed by atoms with Crippen molar-refractivity contribution in [1.82, 2.24) is 20.2 Å². The molecule has 0 aliphatic rings. The van der Waals surface area contributed by atoms with E-state index in [1.165, 1.54) is 25.3 Å². The molecule has 1 aromatic carbocycles. The van der Waals surface area contributed by atoms with Crippen LogP contribution in [0.5, 0.6) is 0 Å². The normalized spacial score (nSPS) is 10.6. The zero-order valence-electron chi connectivity index (χ0n) is 14.9. The number of ether oxygens (including phenoxy) is 1. The number of hydrogen-bond donors (Lipinski definition) is 3. The summed E-state index contributed by atoms with van der Waals surface area (Å²) < 4.78 is 18.5. The van der Waals surface area contributed by atoms with Crippen molar-refractivity contribution in [1.29, 1.82) is 0 Å². The molecule has 3 rings (SSSR count). The number of nitrogens with zero attached hydrogens (tertiary/aromatic N) is 3. The van der Waals surface area contributed by atoms with Gasteiger partial charge in [0.1, 0.15) is 17.5 Å². The highest BCUT2D eigenvalue weighted by Crippen LogP contribution is 2.18. The lowest BCUT2D eigenvalue weighted by molar-refractivity contribution is 0.0593. The van der Waals surface area contributed by atoms with E-state index < -0.39 is 5.97 Å². The Bertz CT molecular complexity index is 972. The SMILES string of the molecule is COC(=O)c1cc(Nc2cc(CCc3cc(N)ccc3F)[nH]n2)nc(C)n1. The van der Waals surface area contributed by atoms with Gasteiger partial charge in [-0.25, -0.2) is 19.2 Å². The highest BCUT2D eigenvalue weighted by atomic mass is 19.1. The van der Waals surface area contributed by atoms with Gasteiger partial charge in [0.2, 0.25) is 0 Å². The number of hydrogen-bond acceptors (Lipinski definition) is 7. The lowest BCUT2D eigenvalue weighted by Crippen LogP contribution is -2.08. The zero-order chi connectivity index (χ0) is 19.4. The van der Waals surface area contributed by atoms with Crippen molar-refractivity contribution in [2.45, 2.75) is 19.8 Å². The van der Waals surface area contributed by atoms with Crippen LogP contribution in [0.25, 0.3) is 0 Å². The fraction of sp³-hybridized carbons (Fsp3) is 0.222. The minimum atomic E-state index is -0.546. The number of esters is 1. The van der Waals surface area contributed by atoms with Gasteiger partial charge in [-0.3, -0.25) is 5.10 Å². The fourth-order valence-electron chi connectivity index (χ4n) is 2.58. The van der Waals surface area contributed by atoms with Gasteiger partial charge in [-0.05, 0) is 43.5 Å². The quantitative estimate of drug-likeness (QED) is 0.451. The minimum Gasteiger partial charge on any atom is -0.464 e. The van der Waals surface area contributed by atoms with Crippen molar-refractivity contribution >= 4 is 23.3 Å². The molecule has 0 bridgehead atoms. The largest absolute Gasteiger partial charge is 0.464 e. The Morgan fingerprint density at radius 3 is 2.81 bits per heavy atom. The van der Waals surface area contributed by atoms with E-state index in [1.54, 1.807) is 19.1 Å². The van der Waals surface area contributed by atoms with Crippen molar-refractivity contribution in [3.05, 3.63) is 58.9 Å². The van der Waals surface area contributed by atoms with Gasteiger partial charge < -0.3 is 15.8 Å². The molecule has 3 aromatic rings. The van der Waals surface area contributed by atoms with Crippen LogP contribution in [0.4, 0.5) is 21.7 Å². The number of methoxy groups -OCH3 is 1. The summed E-state index contributed by atoms with van der Waals surface area (Å²) in [6.07, 6.45) is 1.04. The number of carbonyl (C=O) groups excluding carboxylic acids is 1. The van der Waals surface area contributed by atoms with Gasteiger partial charge in [0.25, 0.3) is 0 Å². The van der Waals surface area contributed by atoms with E-state index in [0.29, 0.717) is 41.6 Å². The first-order valence-corrected chi connectivity index (χ1v) is 8.24. The Hall–Kier alpha value is -3.49. The maximum atomic E-state index is 13.8. The van der Waals surface area contributed by atoms with Crippen LogP contribution >= 0.6 is 0 Å². The van der Waals surface area contributed by atoms with E-state index in [0.717, 1.165) is 5.69 Å². The number of anilines is 3. The first-order valence-electron chi connectivity index (χ1n) is 8.24. The van der Waals surface area contributed by atoms with Gasteiger partial charge in [0.05, 0.1) is 7.11 Å². The molecule has 0 atom stereocenters. The average molecular weight is 370 g/mol. The molecular formula is C18H19FN6O2. The molecule has 0 aliphatic heterocycles. The summed E-state index contributed by atoms with van der Waals surface area (Å²) in [5.74, 6) is 0.535. The molecular weight excluding hydrogens is 351 g/mol. The molecule has 0 unspecified atom stereocenters. The van der Waals surface area contributed by atoms with Crippen LogP contribution in [0, 0.1) is 12.7 Å². The van der Waals surface area contributed by atoms with Crippen LogP contribution in [0.3, 0.4) is 0 Å². The fourth-order valence-corrected chi connectivity index (χ4v) is 2.58. The van der Waals surface area contributed by atoms with Crippen LogP contribution < -0.4 is 11.1 Å². The molecule has 0 saturated heterocycles. The van der Waals surface area contributed by atoms with Crippen molar-refractivity contribution in [2.75, 3.05) is 18.2 Å². The van der Waals surface area contributed by atoms with Crippen LogP contribution in [0.15, 0.2) is 30.3 Å². The summed E-state index contributed by atoms with van der Waals surface area (Å²) in [6, 6.07) is 7.79. The molecule has 0 saturated carbocycles. The summed E-state index contributed by atoms with van der Waals surface area (Å²) in [5, 5.41) is 10.1. The number of nitrogens with two attached hydrogens (primary N) is 1. The van der Waals surface area contributed by atoms with Crippen molar-refractivity contribution in [3.8, 4) is 0 Å². The van der Waals surface area contributed by atoms with Crippen LogP contribution in [0.1, 0.15) is 27.6 Å². The number of benzene rings is 1. The Morgan fingerprint density at radius 2 is 2.04 bits per heavy atom. The van der Waals surface area contributed by atoms with Gasteiger partial charge in [-0.1, -0.05) is 0 Å². The standard InChI is InChI=1S/C18H19FN6O2/c1-10-21-15(18(26)27-2)9-16(22-10)23-17-8-13(24-25-17)5-3-11-7-12(20)4-6-14(11)19/h4,6-9H,3,5,20H2,1-2H3,(H2,21,22,23,24,25). The number of carbonyl (C=O) groups is 1.